The van der Waals surface area contributed by atoms with Gasteiger partial charge in [-0.25, -0.2) is 4.79 Å². The molecule has 0 fully saturated rings. The van der Waals surface area contributed by atoms with E-state index in [1.165, 1.54) is 0 Å². The average Bonchev–Trinajstić information content (AvgIpc) is 2.25. The van der Waals surface area contributed by atoms with E-state index in [4.69, 9.17) is 5.11 Å². The molecular weight excluding hydrogens is 238 g/mol. The highest BCUT2D eigenvalue weighted by atomic mass is 16.4. The van der Waals surface area contributed by atoms with E-state index in [-0.39, 0.29) is 11.9 Å². The van der Waals surface area contributed by atoms with Crippen LogP contribution in [-0.2, 0) is 9.59 Å². The van der Waals surface area contributed by atoms with Gasteiger partial charge in [0.15, 0.2) is 0 Å². The fourth-order valence-corrected chi connectivity index (χ4v) is 1.30. The van der Waals surface area contributed by atoms with Crippen LogP contribution >= 0.6 is 0 Å². The van der Waals surface area contributed by atoms with Crippen molar-refractivity contribution in [3.8, 4) is 0 Å². The topological polar surface area (TPSA) is 98.7 Å². The summed E-state index contributed by atoms with van der Waals surface area (Å²) in [6.45, 7) is 6.81. The Kier molecular flexibility index (Phi) is 6.77. The molecule has 0 bridgehead atoms. The number of carboxylic acids is 1. The van der Waals surface area contributed by atoms with E-state index >= 15 is 0 Å². The predicted molar refractivity (Wildman–Crippen MR) is 66.2 cm³/mol. The highest BCUT2D eigenvalue weighted by Gasteiger charge is 2.23. The number of carboxylic acid groups (broad SMARTS) is 1. The second-order valence-electron chi connectivity index (χ2n) is 4.18. The fraction of sp³-hybridized carbons (Fsp3) is 0.727. The highest BCUT2D eigenvalue weighted by molar-refractivity contribution is 5.87. The lowest BCUT2D eigenvalue weighted by Gasteiger charge is -2.26. The van der Waals surface area contributed by atoms with E-state index in [9.17, 15) is 14.4 Å². The van der Waals surface area contributed by atoms with Crippen LogP contribution in [0.2, 0.25) is 0 Å². The normalized spacial score (nSPS) is 11.8. The quantitative estimate of drug-likeness (QED) is 0.626. The number of likely N-dealkylation sites (N-methyl/N-ethyl adjacent to an activating group) is 1. The second kappa shape index (κ2) is 7.52. The standard InChI is InChI=1S/C11H21N3O4/c1-5-12-10(17)8(4)13-11(18)14(7(2)3)6-9(15)16/h7-8H,5-6H2,1-4H3,(H,12,17)(H,13,18)(H,15,16). The van der Waals surface area contributed by atoms with Crippen molar-refractivity contribution < 1.29 is 19.5 Å². The van der Waals surface area contributed by atoms with Crippen LogP contribution in [0.15, 0.2) is 0 Å². The van der Waals surface area contributed by atoms with Crippen LogP contribution in [0.5, 0.6) is 0 Å². The molecule has 0 aromatic carbocycles. The summed E-state index contributed by atoms with van der Waals surface area (Å²) < 4.78 is 0. The molecule has 18 heavy (non-hydrogen) atoms. The van der Waals surface area contributed by atoms with E-state index in [0.29, 0.717) is 6.54 Å². The van der Waals surface area contributed by atoms with Crippen LogP contribution in [0.4, 0.5) is 4.79 Å². The smallest absolute Gasteiger partial charge is 0.323 e. The lowest BCUT2D eigenvalue weighted by atomic mass is 10.3. The second-order valence-corrected chi connectivity index (χ2v) is 4.18. The largest absolute Gasteiger partial charge is 0.480 e. The molecule has 104 valence electrons. The van der Waals surface area contributed by atoms with Gasteiger partial charge in [0.05, 0.1) is 0 Å². The van der Waals surface area contributed by atoms with Crippen molar-refractivity contribution in [2.75, 3.05) is 13.1 Å². The van der Waals surface area contributed by atoms with Gasteiger partial charge < -0.3 is 20.6 Å². The third-order valence-corrected chi connectivity index (χ3v) is 2.27. The molecule has 0 aliphatic heterocycles. The Morgan fingerprint density at radius 3 is 2.17 bits per heavy atom. The van der Waals surface area contributed by atoms with Crippen LogP contribution in [0.3, 0.4) is 0 Å². The minimum Gasteiger partial charge on any atom is -0.480 e. The summed E-state index contributed by atoms with van der Waals surface area (Å²) in [4.78, 5) is 35.0. The molecule has 0 aromatic heterocycles. The maximum atomic E-state index is 11.8. The first kappa shape index (κ1) is 16.2. The molecule has 1 unspecified atom stereocenters. The Balaban J connectivity index is 4.51. The zero-order valence-electron chi connectivity index (χ0n) is 11.2. The van der Waals surface area contributed by atoms with Gasteiger partial charge >= 0.3 is 12.0 Å². The van der Waals surface area contributed by atoms with Gasteiger partial charge in [0.2, 0.25) is 5.91 Å². The third kappa shape index (κ3) is 5.51. The van der Waals surface area contributed by atoms with Crippen molar-refractivity contribution in [1.29, 1.82) is 0 Å². The monoisotopic (exact) mass is 259 g/mol. The maximum absolute atomic E-state index is 11.8. The molecule has 0 aromatic rings. The number of nitrogens with one attached hydrogen (secondary N) is 2. The molecule has 0 saturated heterocycles. The number of hydrogen-bond acceptors (Lipinski definition) is 3. The average molecular weight is 259 g/mol. The predicted octanol–water partition coefficient (Wildman–Crippen LogP) is 0.0156. The molecule has 0 aliphatic carbocycles. The molecule has 0 spiro atoms. The van der Waals surface area contributed by atoms with Crippen molar-refractivity contribution in [3.63, 3.8) is 0 Å². The van der Waals surface area contributed by atoms with Gasteiger partial charge in [-0.1, -0.05) is 0 Å². The summed E-state index contributed by atoms with van der Waals surface area (Å²) in [5.41, 5.74) is 0. The number of urea groups is 1. The summed E-state index contributed by atoms with van der Waals surface area (Å²) in [5.74, 6) is -1.39. The van der Waals surface area contributed by atoms with Crippen molar-refractivity contribution in [2.24, 2.45) is 0 Å². The van der Waals surface area contributed by atoms with E-state index in [1.54, 1.807) is 27.7 Å². The van der Waals surface area contributed by atoms with Crippen LogP contribution < -0.4 is 10.6 Å². The first-order valence-corrected chi connectivity index (χ1v) is 5.86. The number of aliphatic carboxylic acids is 1. The molecule has 0 rings (SSSR count). The van der Waals surface area contributed by atoms with Gasteiger partial charge in [-0.15, -0.1) is 0 Å². The number of carbonyl (C=O) groups excluding carboxylic acids is 2. The van der Waals surface area contributed by atoms with E-state index in [1.807, 2.05) is 0 Å². The molecular formula is C11H21N3O4. The summed E-state index contributed by atoms with van der Waals surface area (Å²) in [7, 11) is 0. The Hall–Kier alpha value is -1.79. The minimum absolute atomic E-state index is 0.262. The molecule has 3 N–H and O–H groups in total. The number of rotatable bonds is 6. The van der Waals surface area contributed by atoms with Gasteiger partial charge in [-0.3, -0.25) is 9.59 Å². The molecule has 0 heterocycles. The Bertz CT molecular complexity index is 317. The van der Waals surface area contributed by atoms with Crippen LogP contribution in [0.25, 0.3) is 0 Å². The molecule has 0 saturated carbocycles. The fourth-order valence-electron chi connectivity index (χ4n) is 1.30. The number of amides is 3. The van der Waals surface area contributed by atoms with E-state index in [2.05, 4.69) is 10.6 Å². The molecule has 0 radical (unpaired) electrons. The van der Waals surface area contributed by atoms with Gasteiger partial charge in [-0.05, 0) is 27.7 Å². The van der Waals surface area contributed by atoms with Crippen molar-refractivity contribution in [1.82, 2.24) is 15.5 Å². The summed E-state index contributed by atoms with van der Waals surface area (Å²) in [6.07, 6.45) is 0. The Morgan fingerprint density at radius 1 is 1.22 bits per heavy atom. The van der Waals surface area contributed by atoms with Crippen molar-refractivity contribution >= 4 is 17.9 Å². The number of carbonyl (C=O) groups is 3. The number of hydrogen-bond donors (Lipinski definition) is 3. The highest BCUT2D eigenvalue weighted by Crippen LogP contribution is 1.99. The van der Waals surface area contributed by atoms with Crippen molar-refractivity contribution in [2.45, 2.75) is 39.8 Å². The molecule has 3 amide bonds. The molecule has 7 heteroatoms. The van der Waals surface area contributed by atoms with E-state index in [0.717, 1.165) is 4.90 Å². The summed E-state index contributed by atoms with van der Waals surface area (Å²) in [5, 5.41) is 13.7. The maximum Gasteiger partial charge on any atom is 0.323 e. The van der Waals surface area contributed by atoms with Gasteiger partial charge in [0.1, 0.15) is 12.6 Å². The van der Waals surface area contributed by atoms with Gasteiger partial charge in [0.25, 0.3) is 0 Å². The van der Waals surface area contributed by atoms with Gasteiger partial charge in [0, 0.05) is 12.6 Å². The SMILES string of the molecule is CCNC(=O)C(C)NC(=O)N(CC(=O)O)C(C)C. The molecule has 1 atom stereocenters. The van der Waals surface area contributed by atoms with Crippen LogP contribution in [-0.4, -0.2) is 53.1 Å². The van der Waals surface area contributed by atoms with Gasteiger partial charge in [-0.2, -0.15) is 0 Å². The van der Waals surface area contributed by atoms with Crippen molar-refractivity contribution in [3.05, 3.63) is 0 Å². The first-order chi connectivity index (χ1) is 8.29. The molecule has 7 nitrogen and oxygen atoms in total. The van der Waals surface area contributed by atoms with E-state index < -0.39 is 24.6 Å². The third-order valence-electron chi connectivity index (χ3n) is 2.27. The van der Waals surface area contributed by atoms with Crippen LogP contribution in [0.1, 0.15) is 27.7 Å². The zero-order chi connectivity index (χ0) is 14.3. The number of nitrogens with zero attached hydrogens (tertiary/aromatic N) is 1. The summed E-state index contributed by atoms with van der Waals surface area (Å²) >= 11 is 0. The molecule has 0 aliphatic rings. The Morgan fingerprint density at radius 2 is 1.78 bits per heavy atom. The Labute approximate surface area is 107 Å². The lowest BCUT2D eigenvalue weighted by molar-refractivity contribution is -0.138. The van der Waals surface area contributed by atoms with Crippen LogP contribution in [0, 0.1) is 0 Å². The zero-order valence-corrected chi connectivity index (χ0v) is 11.2. The lowest BCUT2D eigenvalue weighted by Crippen LogP contribution is -2.52. The minimum atomic E-state index is -1.09. The first-order valence-electron chi connectivity index (χ1n) is 5.86. The summed E-state index contributed by atoms with van der Waals surface area (Å²) in [6, 6.07) is -1.53.